The summed E-state index contributed by atoms with van der Waals surface area (Å²) in [6.07, 6.45) is 5.99. The Hall–Kier alpha value is -2.90. The Labute approximate surface area is 146 Å². The molecule has 0 spiro atoms. The van der Waals surface area contributed by atoms with Gasteiger partial charge in [0.15, 0.2) is 11.6 Å². The Morgan fingerprint density at radius 3 is 2.76 bits per heavy atom. The third kappa shape index (κ3) is 5.30. The van der Waals surface area contributed by atoms with Gasteiger partial charge in [-0.05, 0) is 31.0 Å². The lowest BCUT2D eigenvalue weighted by Gasteiger charge is -2.20. The molecule has 0 aliphatic carbocycles. The third-order valence-corrected chi connectivity index (χ3v) is 3.98. The highest BCUT2D eigenvalue weighted by Gasteiger charge is 2.22. The number of aromatic nitrogens is 3. The first kappa shape index (κ1) is 18.4. The van der Waals surface area contributed by atoms with Gasteiger partial charge in [0.05, 0.1) is 12.1 Å². The molecular weight excluding hydrogens is 322 g/mol. The zero-order chi connectivity index (χ0) is 18.4. The van der Waals surface area contributed by atoms with Gasteiger partial charge in [-0.2, -0.15) is 5.10 Å². The van der Waals surface area contributed by atoms with Crippen molar-refractivity contribution in [3.8, 4) is 5.75 Å². The number of carbonyl (C=O) groups is 2. The Morgan fingerprint density at radius 1 is 1.36 bits per heavy atom. The van der Waals surface area contributed by atoms with E-state index in [0.29, 0.717) is 12.8 Å². The quantitative estimate of drug-likeness (QED) is 0.699. The molecule has 2 amide bonds. The molecule has 0 unspecified atom stereocenters. The molecule has 8 heteroatoms. The minimum Gasteiger partial charge on any atom is -0.504 e. The summed E-state index contributed by atoms with van der Waals surface area (Å²) in [5.74, 6) is -0.930. The lowest BCUT2D eigenvalue weighted by atomic mass is 10.0. The minimum atomic E-state index is -0.483. The van der Waals surface area contributed by atoms with Gasteiger partial charge >= 0.3 is 0 Å². The highest BCUT2D eigenvalue weighted by Crippen LogP contribution is 2.19. The predicted molar refractivity (Wildman–Crippen MR) is 92.8 cm³/mol. The van der Waals surface area contributed by atoms with Crippen LogP contribution in [0.25, 0.3) is 0 Å². The molecule has 0 radical (unpaired) electrons. The van der Waals surface area contributed by atoms with Crippen molar-refractivity contribution in [1.29, 1.82) is 0 Å². The van der Waals surface area contributed by atoms with Crippen LogP contribution >= 0.6 is 0 Å². The van der Waals surface area contributed by atoms with Crippen LogP contribution in [0.5, 0.6) is 5.75 Å². The first-order valence-corrected chi connectivity index (χ1v) is 8.08. The van der Waals surface area contributed by atoms with E-state index in [1.165, 1.54) is 12.3 Å². The SMILES string of the molecule is C[C@H](NC(=O)CCc1cnn(C)c1)[C@H](C)C(=O)Nc1ncccc1O. The van der Waals surface area contributed by atoms with Crippen molar-refractivity contribution in [2.24, 2.45) is 13.0 Å². The van der Waals surface area contributed by atoms with E-state index < -0.39 is 5.92 Å². The molecule has 0 aliphatic heterocycles. The van der Waals surface area contributed by atoms with Crippen molar-refractivity contribution in [3.05, 3.63) is 36.3 Å². The fraction of sp³-hybridized carbons (Fsp3) is 0.412. The molecule has 2 heterocycles. The lowest BCUT2D eigenvalue weighted by Crippen LogP contribution is -2.42. The van der Waals surface area contributed by atoms with Crippen LogP contribution in [0.2, 0.25) is 0 Å². The first-order chi connectivity index (χ1) is 11.9. The number of nitrogens with one attached hydrogen (secondary N) is 2. The molecule has 0 fully saturated rings. The number of aryl methyl sites for hydroxylation is 2. The molecular formula is C17H23N5O3. The van der Waals surface area contributed by atoms with E-state index in [1.807, 2.05) is 13.2 Å². The fourth-order valence-corrected chi connectivity index (χ4v) is 2.26. The Balaban J connectivity index is 1.82. The average molecular weight is 345 g/mol. The Bertz CT molecular complexity index is 743. The number of amides is 2. The topological polar surface area (TPSA) is 109 Å². The average Bonchev–Trinajstić information content (AvgIpc) is 2.99. The maximum absolute atomic E-state index is 12.2. The van der Waals surface area contributed by atoms with E-state index in [1.54, 1.807) is 30.8 Å². The van der Waals surface area contributed by atoms with Crippen molar-refractivity contribution in [3.63, 3.8) is 0 Å². The predicted octanol–water partition coefficient (Wildman–Crippen LogP) is 1.23. The van der Waals surface area contributed by atoms with Crippen LogP contribution < -0.4 is 10.6 Å². The number of hydrogen-bond acceptors (Lipinski definition) is 5. The third-order valence-electron chi connectivity index (χ3n) is 3.98. The van der Waals surface area contributed by atoms with Gasteiger partial charge in [0.2, 0.25) is 11.8 Å². The van der Waals surface area contributed by atoms with E-state index in [0.717, 1.165) is 5.56 Å². The van der Waals surface area contributed by atoms with E-state index >= 15 is 0 Å². The fourth-order valence-electron chi connectivity index (χ4n) is 2.26. The molecule has 2 aromatic heterocycles. The molecule has 25 heavy (non-hydrogen) atoms. The van der Waals surface area contributed by atoms with Gasteiger partial charge in [-0.3, -0.25) is 14.3 Å². The number of anilines is 1. The highest BCUT2D eigenvalue weighted by molar-refractivity contribution is 5.93. The smallest absolute Gasteiger partial charge is 0.230 e. The minimum absolute atomic E-state index is 0.101. The molecule has 0 saturated carbocycles. The van der Waals surface area contributed by atoms with Gasteiger partial charge in [-0.15, -0.1) is 0 Å². The van der Waals surface area contributed by atoms with Crippen molar-refractivity contribution in [2.75, 3.05) is 5.32 Å². The number of pyridine rings is 1. The summed E-state index contributed by atoms with van der Waals surface area (Å²) in [4.78, 5) is 28.2. The summed E-state index contributed by atoms with van der Waals surface area (Å²) in [5, 5.41) is 19.1. The normalized spacial score (nSPS) is 13.1. The van der Waals surface area contributed by atoms with Crippen molar-refractivity contribution in [2.45, 2.75) is 32.7 Å². The van der Waals surface area contributed by atoms with Crippen LogP contribution in [0.4, 0.5) is 5.82 Å². The Morgan fingerprint density at radius 2 is 2.12 bits per heavy atom. The van der Waals surface area contributed by atoms with Crippen LogP contribution in [0.1, 0.15) is 25.8 Å². The summed E-state index contributed by atoms with van der Waals surface area (Å²) < 4.78 is 1.69. The van der Waals surface area contributed by atoms with E-state index in [9.17, 15) is 14.7 Å². The molecule has 0 bridgehead atoms. The lowest BCUT2D eigenvalue weighted by molar-refractivity contribution is -0.123. The highest BCUT2D eigenvalue weighted by atomic mass is 16.3. The van der Waals surface area contributed by atoms with Crippen molar-refractivity contribution in [1.82, 2.24) is 20.1 Å². The monoisotopic (exact) mass is 345 g/mol. The molecule has 3 N–H and O–H groups in total. The van der Waals surface area contributed by atoms with Crippen LogP contribution in [0.3, 0.4) is 0 Å². The van der Waals surface area contributed by atoms with Gasteiger partial charge in [0, 0.05) is 31.9 Å². The van der Waals surface area contributed by atoms with E-state index in [2.05, 4.69) is 20.7 Å². The maximum atomic E-state index is 12.2. The number of carbonyl (C=O) groups excluding carboxylic acids is 2. The second-order valence-corrected chi connectivity index (χ2v) is 6.03. The zero-order valence-electron chi connectivity index (χ0n) is 14.6. The molecule has 8 nitrogen and oxygen atoms in total. The molecule has 0 saturated heterocycles. The number of nitrogens with zero attached hydrogens (tertiary/aromatic N) is 3. The molecule has 0 aromatic carbocycles. The largest absolute Gasteiger partial charge is 0.504 e. The summed E-state index contributed by atoms with van der Waals surface area (Å²) >= 11 is 0. The van der Waals surface area contributed by atoms with Crippen LogP contribution in [0.15, 0.2) is 30.7 Å². The summed E-state index contributed by atoms with van der Waals surface area (Å²) in [7, 11) is 1.82. The molecule has 2 atom stereocenters. The molecule has 2 aromatic rings. The maximum Gasteiger partial charge on any atom is 0.230 e. The van der Waals surface area contributed by atoms with Gasteiger partial charge < -0.3 is 15.7 Å². The van der Waals surface area contributed by atoms with E-state index in [4.69, 9.17) is 0 Å². The van der Waals surface area contributed by atoms with Crippen molar-refractivity contribution < 1.29 is 14.7 Å². The Kier molecular flexibility index (Phi) is 6.10. The first-order valence-electron chi connectivity index (χ1n) is 8.08. The zero-order valence-corrected chi connectivity index (χ0v) is 14.6. The van der Waals surface area contributed by atoms with Crippen molar-refractivity contribution >= 4 is 17.6 Å². The molecule has 2 rings (SSSR count). The number of rotatable bonds is 7. The standard InChI is InChI=1S/C17H23N5O3/c1-11(17(25)21-16-14(23)5-4-8-18-16)12(2)20-15(24)7-6-13-9-19-22(3)10-13/h4-5,8-12,23H,6-7H2,1-3H3,(H,20,24)(H,18,21,25)/t11-,12-/m0/s1. The molecule has 0 aliphatic rings. The second-order valence-electron chi connectivity index (χ2n) is 6.03. The van der Waals surface area contributed by atoms with Crippen LogP contribution in [0, 0.1) is 5.92 Å². The summed E-state index contributed by atoms with van der Waals surface area (Å²) in [5.41, 5.74) is 0.988. The van der Waals surface area contributed by atoms with Gasteiger partial charge in [-0.1, -0.05) is 6.92 Å². The van der Waals surface area contributed by atoms with Gasteiger partial charge in [0.25, 0.3) is 0 Å². The molecule has 134 valence electrons. The van der Waals surface area contributed by atoms with E-state index in [-0.39, 0.29) is 29.4 Å². The van der Waals surface area contributed by atoms with Crippen LogP contribution in [-0.4, -0.2) is 37.7 Å². The second kappa shape index (κ2) is 8.27. The number of aromatic hydroxyl groups is 1. The summed E-state index contributed by atoms with van der Waals surface area (Å²) in [6.45, 7) is 3.48. The van der Waals surface area contributed by atoms with Gasteiger partial charge in [0.1, 0.15) is 0 Å². The summed E-state index contributed by atoms with van der Waals surface area (Å²) in [6, 6.07) is 2.66. The number of hydrogen-bond donors (Lipinski definition) is 3. The van der Waals surface area contributed by atoms with Gasteiger partial charge in [-0.25, -0.2) is 4.98 Å². The van der Waals surface area contributed by atoms with Crippen LogP contribution in [-0.2, 0) is 23.1 Å².